The summed E-state index contributed by atoms with van der Waals surface area (Å²) in [6.07, 6.45) is 10.8. The molecule has 0 atom stereocenters. The first-order valence-electron chi connectivity index (χ1n) is 7.67. The van der Waals surface area contributed by atoms with Gasteiger partial charge in [-0.2, -0.15) is 0 Å². The molecule has 0 nitrogen and oxygen atoms in total. The summed E-state index contributed by atoms with van der Waals surface area (Å²) in [5.41, 5.74) is 6.01. The van der Waals surface area contributed by atoms with Gasteiger partial charge in [0.05, 0.1) is 0 Å². The van der Waals surface area contributed by atoms with E-state index in [1.54, 1.807) is 0 Å². The van der Waals surface area contributed by atoms with Crippen LogP contribution >= 0.6 is 7.92 Å². The van der Waals surface area contributed by atoms with Crippen molar-refractivity contribution in [2.45, 2.75) is 5.66 Å². The van der Waals surface area contributed by atoms with Crippen LogP contribution in [0.3, 0.4) is 0 Å². The molecule has 0 N–H and O–H groups in total. The molecule has 2 aromatic rings. The molecule has 1 aliphatic carbocycles. The Morgan fingerprint density at radius 2 is 1.23 bits per heavy atom. The maximum Gasteiger partial charge on any atom is 0.0308 e. The molecule has 1 aliphatic rings. The number of rotatable bonds is 5. The van der Waals surface area contributed by atoms with Gasteiger partial charge in [0.15, 0.2) is 0 Å². The molecule has 22 heavy (non-hydrogen) atoms. The summed E-state index contributed by atoms with van der Waals surface area (Å²) in [6, 6.07) is 17.6. The lowest BCUT2D eigenvalue weighted by atomic mass is 9.99. The van der Waals surface area contributed by atoms with Crippen LogP contribution in [0.5, 0.6) is 0 Å². The third-order valence-electron chi connectivity index (χ3n) is 4.12. The lowest BCUT2D eigenvalue weighted by molar-refractivity contribution is 1.12. The van der Waals surface area contributed by atoms with Crippen LogP contribution in [-0.2, 0) is 0 Å². The summed E-state index contributed by atoms with van der Waals surface area (Å²) in [6.45, 7) is 7.96. The first-order chi connectivity index (χ1) is 10.8. The van der Waals surface area contributed by atoms with Gasteiger partial charge in [0.25, 0.3) is 0 Å². The second-order valence-electron chi connectivity index (χ2n) is 5.52. The van der Waals surface area contributed by atoms with Gasteiger partial charge in [0.2, 0.25) is 0 Å². The highest BCUT2D eigenvalue weighted by atomic mass is 31.1. The van der Waals surface area contributed by atoms with Gasteiger partial charge in [-0.1, -0.05) is 80.8 Å². The second-order valence-corrected chi connectivity index (χ2v) is 7.95. The molecule has 0 aliphatic heterocycles. The van der Waals surface area contributed by atoms with E-state index in [1.165, 1.54) is 22.3 Å². The Hall–Kier alpha value is -1.91. The van der Waals surface area contributed by atoms with Gasteiger partial charge in [-0.25, -0.2) is 0 Å². The number of fused-ring (bicyclic) bond motifs is 2. The van der Waals surface area contributed by atoms with Gasteiger partial charge in [-0.3, -0.25) is 0 Å². The van der Waals surface area contributed by atoms with Gasteiger partial charge < -0.3 is 0 Å². The molecular weight excluding hydrogens is 283 g/mol. The zero-order valence-corrected chi connectivity index (χ0v) is 13.7. The number of benzene rings is 2. The van der Waals surface area contributed by atoms with Crippen LogP contribution in [-0.4, -0.2) is 12.3 Å². The smallest absolute Gasteiger partial charge is 0.0308 e. The molecule has 0 fully saturated rings. The highest BCUT2D eigenvalue weighted by molar-refractivity contribution is 7.58. The molecule has 3 rings (SSSR count). The van der Waals surface area contributed by atoms with Crippen LogP contribution in [0.15, 0.2) is 73.8 Å². The second kappa shape index (κ2) is 6.90. The molecule has 0 saturated carbocycles. The van der Waals surface area contributed by atoms with Crippen LogP contribution < -0.4 is 0 Å². The molecule has 0 unspecified atom stereocenters. The number of hydrogen-bond acceptors (Lipinski definition) is 0. The molecule has 110 valence electrons. The number of allylic oxidation sites excluding steroid dienone is 2. The maximum absolute atomic E-state index is 3.98. The Morgan fingerprint density at radius 3 is 1.68 bits per heavy atom. The Morgan fingerprint density at radius 1 is 0.773 bits per heavy atom. The molecule has 0 spiro atoms. The van der Waals surface area contributed by atoms with Gasteiger partial charge in [-0.15, -0.1) is 13.2 Å². The predicted molar refractivity (Wildman–Crippen MR) is 101 cm³/mol. The number of hydrogen-bond donors (Lipinski definition) is 0. The third-order valence-corrected chi connectivity index (χ3v) is 6.86. The molecule has 1 heteroatoms. The quantitative estimate of drug-likeness (QED) is 0.461. The van der Waals surface area contributed by atoms with E-state index in [0.29, 0.717) is 5.66 Å². The summed E-state index contributed by atoms with van der Waals surface area (Å²) < 4.78 is 0. The van der Waals surface area contributed by atoms with E-state index < -0.39 is 0 Å². The monoisotopic (exact) mass is 304 g/mol. The van der Waals surface area contributed by atoms with Crippen LogP contribution in [0.1, 0.15) is 27.9 Å². The van der Waals surface area contributed by atoms with E-state index in [1.807, 2.05) is 0 Å². The normalized spacial score (nSPS) is 13.3. The molecule has 2 aromatic carbocycles. The van der Waals surface area contributed by atoms with Crippen molar-refractivity contribution < 1.29 is 0 Å². The van der Waals surface area contributed by atoms with Crippen molar-refractivity contribution in [3.05, 3.63) is 96.1 Å². The fourth-order valence-electron chi connectivity index (χ4n) is 3.18. The van der Waals surface area contributed by atoms with Crippen molar-refractivity contribution in [2.75, 3.05) is 12.3 Å². The van der Waals surface area contributed by atoms with Crippen molar-refractivity contribution in [3.63, 3.8) is 0 Å². The minimum Gasteiger partial charge on any atom is -0.103 e. The van der Waals surface area contributed by atoms with E-state index in [4.69, 9.17) is 0 Å². The summed E-state index contributed by atoms with van der Waals surface area (Å²) in [5.74, 6) is 0. The van der Waals surface area contributed by atoms with E-state index in [2.05, 4.69) is 86.0 Å². The highest BCUT2D eigenvalue weighted by Crippen LogP contribution is 2.57. The molecular formula is C21H21P. The molecule has 0 heterocycles. The standard InChI is InChI=1S/C21H21P/c1-3-15-22(16-4-2)21-19-11-7-5-9-17(19)13-14-18-10-6-8-12-20(18)21/h3-14,21H,1-2,15-16H2. The average molecular weight is 304 g/mol. The minimum absolute atomic E-state index is 0.245. The Labute approximate surface area is 134 Å². The van der Waals surface area contributed by atoms with Crippen molar-refractivity contribution >= 4 is 20.1 Å². The summed E-state index contributed by atoms with van der Waals surface area (Å²) in [7, 11) is -0.245. The Bertz CT molecular complexity index is 652. The minimum atomic E-state index is -0.245. The third kappa shape index (κ3) is 2.85. The van der Waals surface area contributed by atoms with Gasteiger partial charge in [0.1, 0.15) is 0 Å². The van der Waals surface area contributed by atoms with Crippen LogP contribution in [0.2, 0.25) is 0 Å². The first kappa shape index (κ1) is 15.0. The maximum atomic E-state index is 3.98. The Kier molecular flexibility index (Phi) is 4.71. The highest BCUT2D eigenvalue weighted by Gasteiger charge is 2.27. The average Bonchev–Trinajstić information content (AvgIpc) is 2.71. The summed E-state index contributed by atoms with van der Waals surface area (Å²) >= 11 is 0. The van der Waals surface area contributed by atoms with Crippen molar-refractivity contribution in [3.8, 4) is 0 Å². The molecule has 0 saturated heterocycles. The van der Waals surface area contributed by atoms with E-state index in [9.17, 15) is 0 Å². The SMILES string of the molecule is C=CCP(CC=C)C1c2ccccc2C=Cc2ccccc21. The molecule has 0 radical (unpaired) electrons. The summed E-state index contributed by atoms with van der Waals surface area (Å²) in [5, 5.41) is 0. The predicted octanol–water partition coefficient (Wildman–Crippen LogP) is 6.11. The Balaban J connectivity index is 2.19. The topological polar surface area (TPSA) is 0 Å². The van der Waals surface area contributed by atoms with Crippen LogP contribution in [0.25, 0.3) is 12.2 Å². The zero-order chi connectivity index (χ0) is 15.4. The van der Waals surface area contributed by atoms with Crippen molar-refractivity contribution in [2.24, 2.45) is 0 Å². The van der Waals surface area contributed by atoms with Crippen molar-refractivity contribution in [1.82, 2.24) is 0 Å². The molecule has 0 aromatic heterocycles. The lowest BCUT2D eigenvalue weighted by Crippen LogP contribution is -2.05. The van der Waals surface area contributed by atoms with Gasteiger partial charge in [0, 0.05) is 5.66 Å². The van der Waals surface area contributed by atoms with Crippen molar-refractivity contribution in [1.29, 1.82) is 0 Å². The van der Waals surface area contributed by atoms with E-state index in [-0.39, 0.29) is 7.92 Å². The fourth-order valence-corrected chi connectivity index (χ4v) is 5.67. The van der Waals surface area contributed by atoms with Gasteiger partial charge >= 0.3 is 0 Å². The van der Waals surface area contributed by atoms with E-state index >= 15 is 0 Å². The zero-order valence-electron chi connectivity index (χ0n) is 12.8. The van der Waals surface area contributed by atoms with E-state index in [0.717, 1.165) is 12.3 Å². The molecule has 0 bridgehead atoms. The lowest BCUT2D eigenvalue weighted by Gasteiger charge is -2.28. The van der Waals surface area contributed by atoms with Crippen LogP contribution in [0, 0.1) is 0 Å². The van der Waals surface area contributed by atoms with Crippen LogP contribution in [0.4, 0.5) is 0 Å². The first-order valence-corrected chi connectivity index (χ1v) is 9.45. The largest absolute Gasteiger partial charge is 0.103 e. The van der Waals surface area contributed by atoms with Gasteiger partial charge in [-0.05, 0) is 34.6 Å². The fraction of sp³-hybridized carbons (Fsp3) is 0.143. The summed E-state index contributed by atoms with van der Waals surface area (Å²) in [4.78, 5) is 0. The molecule has 0 amide bonds.